The van der Waals surface area contributed by atoms with Crippen LogP contribution in [-0.4, -0.2) is 23.3 Å². The molecule has 3 unspecified atom stereocenters. The highest BCUT2D eigenvalue weighted by Crippen LogP contribution is 2.62. The first-order chi connectivity index (χ1) is 11.8. The molecule has 0 amide bonds. The Labute approximate surface area is 148 Å². The van der Waals surface area contributed by atoms with Crippen LogP contribution in [0.4, 0.5) is 4.39 Å². The third-order valence-corrected chi connectivity index (χ3v) is 7.33. The van der Waals surface area contributed by atoms with Crippen molar-refractivity contribution in [3.8, 4) is 0 Å². The predicted molar refractivity (Wildman–Crippen MR) is 93.2 cm³/mol. The van der Waals surface area contributed by atoms with Crippen LogP contribution in [-0.2, 0) is 9.53 Å². The Morgan fingerprint density at radius 1 is 1.36 bits per heavy atom. The number of rotatable bonds is 1. The number of halogens is 1. The van der Waals surface area contributed by atoms with Gasteiger partial charge >= 0.3 is 5.97 Å². The lowest BCUT2D eigenvalue weighted by Crippen LogP contribution is -2.47. The van der Waals surface area contributed by atoms with Crippen LogP contribution < -0.4 is 0 Å². The Balaban J connectivity index is 1.76. The summed E-state index contributed by atoms with van der Waals surface area (Å²) in [5, 5.41) is 10.00. The van der Waals surface area contributed by atoms with E-state index < -0.39 is 17.5 Å². The molecular weight excluding hydrogens is 319 g/mol. The van der Waals surface area contributed by atoms with E-state index >= 15 is 0 Å². The van der Waals surface area contributed by atoms with Crippen LogP contribution in [0.3, 0.4) is 0 Å². The van der Waals surface area contributed by atoms with Crippen LogP contribution in [0.15, 0.2) is 35.2 Å². The number of allylic oxidation sites excluding steroid dienone is 3. The van der Waals surface area contributed by atoms with Gasteiger partial charge in [-0.2, -0.15) is 0 Å². The van der Waals surface area contributed by atoms with E-state index in [1.54, 1.807) is 6.08 Å². The standard InChI is InChI=1S/C21H27FO3/c1-12(23)25-19-18(22)11-17-15-5-4-13-10-14(24)6-8-20(13,2)16(15)7-9-21(17,19)3/h6,8,11,13-14,16,19,24H,4-5,7,9-10H2,1-3H3/t13?,14?,16-,19?,20+,21+/m1/s1. The summed E-state index contributed by atoms with van der Waals surface area (Å²) in [4.78, 5) is 11.4. The number of esters is 1. The second-order valence-corrected chi connectivity index (χ2v) is 8.73. The largest absolute Gasteiger partial charge is 0.454 e. The molecule has 4 aliphatic carbocycles. The van der Waals surface area contributed by atoms with Crippen LogP contribution in [0, 0.1) is 22.7 Å². The van der Waals surface area contributed by atoms with Gasteiger partial charge in [-0.15, -0.1) is 0 Å². The van der Waals surface area contributed by atoms with Crippen LogP contribution >= 0.6 is 0 Å². The Morgan fingerprint density at radius 3 is 2.84 bits per heavy atom. The van der Waals surface area contributed by atoms with Gasteiger partial charge < -0.3 is 9.84 Å². The zero-order valence-electron chi connectivity index (χ0n) is 15.2. The van der Waals surface area contributed by atoms with Gasteiger partial charge in [0.1, 0.15) is 5.83 Å². The highest BCUT2D eigenvalue weighted by atomic mass is 19.1. The first-order valence-corrected chi connectivity index (χ1v) is 9.41. The average molecular weight is 346 g/mol. The molecule has 0 aromatic heterocycles. The molecule has 6 atom stereocenters. The van der Waals surface area contributed by atoms with Crippen molar-refractivity contribution in [2.75, 3.05) is 0 Å². The van der Waals surface area contributed by atoms with E-state index in [0.717, 1.165) is 37.7 Å². The van der Waals surface area contributed by atoms with Crippen molar-refractivity contribution >= 4 is 5.97 Å². The second kappa shape index (κ2) is 5.54. The average Bonchev–Trinajstić information content (AvgIpc) is 2.79. The minimum absolute atomic E-state index is 0.0327. The third kappa shape index (κ3) is 2.37. The summed E-state index contributed by atoms with van der Waals surface area (Å²) in [5.41, 5.74) is 2.00. The van der Waals surface area contributed by atoms with Crippen molar-refractivity contribution in [1.82, 2.24) is 0 Å². The van der Waals surface area contributed by atoms with E-state index in [2.05, 4.69) is 13.0 Å². The number of hydrogen-bond donors (Lipinski definition) is 1. The van der Waals surface area contributed by atoms with Gasteiger partial charge in [0.2, 0.25) is 0 Å². The molecule has 1 saturated carbocycles. The molecule has 0 aliphatic heterocycles. The molecule has 4 rings (SSSR count). The molecule has 1 fully saturated rings. The Hall–Kier alpha value is -1.42. The molecule has 0 bridgehead atoms. The van der Waals surface area contributed by atoms with E-state index in [9.17, 15) is 14.3 Å². The first-order valence-electron chi connectivity index (χ1n) is 9.41. The molecule has 0 radical (unpaired) electrons. The second-order valence-electron chi connectivity index (χ2n) is 8.73. The number of aliphatic hydroxyl groups is 1. The zero-order chi connectivity index (χ0) is 18.0. The van der Waals surface area contributed by atoms with Crippen LogP contribution in [0.2, 0.25) is 0 Å². The molecule has 0 heterocycles. The molecule has 3 nitrogen and oxygen atoms in total. The number of ether oxygens (including phenoxy) is 1. The van der Waals surface area contributed by atoms with Crippen molar-refractivity contribution in [3.63, 3.8) is 0 Å². The fourth-order valence-electron chi connectivity index (χ4n) is 5.94. The van der Waals surface area contributed by atoms with E-state index in [-0.39, 0.29) is 17.3 Å². The maximum absolute atomic E-state index is 14.6. The normalized spacial score (nSPS) is 45.4. The minimum Gasteiger partial charge on any atom is -0.454 e. The van der Waals surface area contributed by atoms with Crippen molar-refractivity contribution in [2.45, 2.75) is 65.1 Å². The predicted octanol–water partition coefficient (Wildman–Crippen LogP) is 4.24. The zero-order valence-corrected chi connectivity index (χ0v) is 15.2. The van der Waals surface area contributed by atoms with E-state index in [0.29, 0.717) is 11.8 Å². The lowest BCUT2D eigenvalue weighted by Gasteiger charge is -2.54. The third-order valence-electron chi connectivity index (χ3n) is 7.33. The van der Waals surface area contributed by atoms with Crippen molar-refractivity contribution in [3.05, 3.63) is 35.2 Å². The van der Waals surface area contributed by atoms with Crippen LogP contribution in [0.5, 0.6) is 0 Å². The maximum Gasteiger partial charge on any atom is 0.303 e. The van der Waals surface area contributed by atoms with Crippen LogP contribution in [0.25, 0.3) is 0 Å². The molecular formula is C21H27FO3. The maximum atomic E-state index is 14.6. The molecule has 0 aromatic rings. The van der Waals surface area contributed by atoms with Gasteiger partial charge in [-0.1, -0.05) is 31.6 Å². The molecule has 4 heteroatoms. The van der Waals surface area contributed by atoms with Gasteiger partial charge in [0.15, 0.2) is 6.10 Å². The number of aliphatic hydroxyl groups excluding tert-OH is 1. The van der Waals surface area contributed by atoms with Gasteiger partial charge in [0, 0.05) is 12.3 Å². The van der Waals surface area contributed by atoms with E-state index in [1.807, 2.05) is 13.0 Å². The van der Waals surface area contributed by atoms with Crippen LogP contribution in [0.1, 0.15) is 52.9 Å². The molecule has 25 heavy (non-hydrogen) atoms. The van der Waals surface area contributed by atoms with Gasteiger partial charge in [0.25, 0.3) is 0 Å². The quantitative estimate of drug-likeness (QED) is 0.571. The van der Waals surface area contributed by atoms with Crippen molar-refractivity contribution in [1.29, 1.82) is 0 Å². The number of carbonyl (C=O) groups excluding carboxylic acids is 1. The highest BCUT2D eigenvalue weighted by molar-refractivity contribution is 5.67. The summed E-state index contributed by atoms with van der Waals surface area (Å²) in [5.74, 6) is 0.120. The summed E-state index contributed by atoms with van der Waals surface area (Å²) < 4.78 is 20.0. The topological polar surface area (TPSA) is 46.5 Å². The van der Waals surface area contributed by atoms with Gasteiger partial charge in [-0.05, 0) is 61.0 Å². The minimum atomic E-state index is -0.775. The summed E-state index contributed by atoms with van der Waals surface area (Å²) in [7, 11) is 0. The SMILES string of the molecule is CC(=O)OC1C(F)=CC2=C3CCC4CC(O)C=C[C@]4(C)[C@@H]3CC[C@@]21C. The van der Waals surface area contributed by atoms with Gasteiger partial charge in [-0.25, -0.2) is 4.39 Å². The fourth-order valence-corrected chi connectivity index (χ4v) is 5.94. The Bertz CT molecular complexity index is 706. The fraction of sp³-hybridized carbons (Fsp3) is 0.667. The monoisotopic (exact) mass is 346 g/mol. The smallest absolute Gasteiger partial charge is 0.303 e. The molecule has 136 valence electrons. The molecule has 0 aromatic carbocycles. The van der Waals surface area contributed by atoms with E-state index in [1.165, 1.54) is 12.5 Å². The highest BCUT2D eigenvalue weighted by Gasteiger charge is 2.55. The summed E-state index contributed by atoms with van der Waals surface area (Å²) >= 11 is 0. The van der Waals surface area contributed by atoms with E-state index in [4.69, 9.17) is 4.74 Å². The number of carbonyl (C=O) groups is 1. The van der Waals surface area contributed by atoms with Gasteiger partial charge in [-0.3, -0.25) is 4.79 Å². The molecule has 1 N–H and O–H groups in total. The lowest BCUT2D eigenvalue weighted by atomic mass is 9.51. The number of hydrogen-bond acceptors (Lipinski definition) is 3. The molecule has 0 saturated heterocycles. The summed E-state index contributed by atoms with van der Waals surface area (Å²) in [6.07, 6.45) is 9.26. The summed E-state index contributed by atoms with van der Waals surface area (Å²) in [6, 6.07) is 0. The first kappa shape index (κ1) is 17.0. The lowest BCUT2D eigenvalue weighted by molar-refractivity contribution is -0.150. The molecule has 4 aliphatic rings. The Morgan fingerprint density at radius 2 is 2.12 bits per heavy atom. The molecule has 0 spiro atoms. The Kier molecular flexibility index (Phi) is 3.77. The van der Waals surface area contributed by atoms with Gasteiger partial charge in [0.05, 0.1) is 6.10 Å². The number of fused-ring (bicyclic) bond motifs is 4. The van der Waals surface area contributed by atoms with Crippen molar-refractivity contribution < 1.29 is 19.0 Å². The van der Waals surface area contributed by atoms with Crippen molar-refractivity contribution in [2.24, 2.45) is 22.7 Å². The summed E-state index contributed by atoms with van der Waals surface area (Å²) in [6.45, 7) is 5.68.